The zero-order chi connectivity index (χ0) is 18.6. The lowest BCUT2D eigenvalue weighted by atomic mass is 9.79. The average molecular weight is 428 g/mol. The van der Waals surface area contributed by atoms with Crippen molar-refractivity contribution in [2.45, 2.75) is 26.7 Å². The first-order valence-electron chi connectivity index (χ1n) is 8.83. The van der Waals surface area contributed by atoms with Crippen LogP contribution in [0.3, 0.4) is 0 Å². The van der Waals surface area contributed by atoms with E-state index in [4.69, 9.17) is 15.2 Å². The van der Waals surface area contributed by atoms with Crippen molar-refractivity contribution in [3.63, 3.8) is 0 Å². The van der Waals surface area contributed by atoms with Crippen LogP contribution in [0.2, 0.25) is 0 Å². The van der Waals surface area contributed by atoms with Crippen molar-refractivity contribution in [2.24, 2.45) is 11.1 Å². The third-order valence-corrected chi connectivity index (χ3v) is 4.87. The topological polar surface area (TPSA) is 86.5 Å². The van der Waals surface area contributed by atoms with E-state index in [1.807, 2.05) is 44.2 Å². The van der Waals surface area contributed by atoms with Crippen molar-refractivity contribution in [2.75, 3.05) is 25.1 Å². The molecule has 0 unspecified atom stereocenters. The first-order valence-corrected chi connectivity index (χ1v) is 8.83. The Balaban J connectivity index is 0.00000196. The third-order valence-electron chi connectivity index (χ3n) is 4.87. The van der Waals surface area contributed by atoms with Gasteiger partial charge in [-0.1, -0.05) is 6.07 Å². The monoisotopic (exact) mass is 427 g/mol. The maximum absolute atomic E-state index is 12.8. The fourth-order valence-electron chi connectivity index (χ4n) is 3.01. The van der Waals surface area contributed by atoms with Gasteiger partial charge in [0.05, 0.1) is 5.41 Å². The molecule has 0 atom stereocenters. The van der Waals surface area contributed by atoms with Crippen LogP contribution in [0.25, 0.3) is 0 Å². The van der Waals surface area contributed by atoms with Gasteiger partial charge in [-0.05, 0) is 49.9 Å². The van der Waals surface area contributed by atoms with Crippen LogP contribution in [0.4, 0.5) is 5.69 Å². The van der Waals surface area contributed by atoms with Crippen LogP contribution >= 0.6 is 24.8 Å². The SMILES string of the molecule is Cc1ccnc(Oc2cc(NC(=O)C3(CN)CCOCC3)ccc2C)c1.Cl.Cl. The number of nitrogens with two attached hydrogens (primary N) is 1. The number of aromatic nitrogens is 1. The molecular formula is C20H27Cl2N3O3. The van der Waals surface area contributed by atoms with Gasteiger partial charge in [0, 0.05) is 43.8 Å². The summed E-state index contributed by atoms with van der Waals surface area (Å²) in [7, 11) is 0. The van der Waals surface area contributed by atoms with Crippen molar-refractivity contribution < 1.29 is 14.3 Å². The van der Waals surface area contributed by atoms with Gasteiger partial charge in [0.2, 0.25) is 11.8 Å². The fraction of sp³-hybridized carbons (Fsp3) is 0.400. The summed E-state index contributed by atoms with van der Waals surface area (Å²) in [6.07, 6.45) is 2.98. The van der Waals surface area contributed by atoms with Gasteiger partial charge in [0.25, 0.3) is 0 Å². The number of hydrogen-bond donors (Lipinski definition) is 2. The molecule has 0 bridgehead atoms. The molecule has 8 heteroatoms. The smallest absolute Gasteiger partial charge is 0.232 e. The van der Waals surface area contributed by atoms with E-state index in [1.54, 1.807) is 6.20 Å². The first-order chi connectivity index (χ1) is 12.5. The zero-order valence-corrected chi connectivity index (χ0v) is 17.7. The van der Waals surface area contributed by atoms with Gasteiger partial charge in [-0.2, -0.15) is 0 Å². The van der Waals surface area contributed by atoms with E-state index < -0.39 is 5.41 Å². The highest BCUT2D eigenvalue weighted by Gasteiger charge is 2.38. The van der Waals surface area contributed by atoms with Crippen LogP contribution in [0.5, 0.6) is 11.6 Å². The van der Waals surface area contributed by atoms with E-state index in [2.05, 4.69) is 10.3 Å². The number of halogens is 2. The molecule has 1 fully saturated rings. The Kier molecular flexibility index (Phi) is 9.17. The second-order valence-corrected chi connectivity index (χ2v) is 6.80. The lowest BCUT2D eigenvalue weighted by Gasteiger charge is -2.34. The zero-order valence-electron chi connectivity index (χ0n) is 16.1. The van der Waals surface area contributed by atoms with Crippen LogP contribution in [0.15, 0.2) is 36.5 Å². The van der Waals surface area contributed by atoms with Crippen LogP contribution < -0.4 is 15.8 Å². The summed E-state index contributed by atoms with van der Waals surface area (Å²) in [6.45, 7) is 5.37. The summed E-state index contributed by atoms with van der Waals surface area (Å²) in [5.41, 5.74) is 8.06. The summed E-state index contributed by atoms with van der Waals surface area (Å²) in [6, 6.07) is 9.39. The Morgan fingerprint density at radius 2 is 1.93 bits per heavy atom. The Hall–Kier alpha value is -1.86. The van der Waals surface area contributed by atoms with E-state index >= 15 is 0 Å². The number of anilines is 1. The predicted octanol–water partition coefficient (Wildman–Crippen LogP) is 4.03. The van der Waals surface area contributed by atoms with Gasteiger partial charge in [-0.25, -0.2) is 4.98 Å². The molecule has 1 aromatic carbocycles. The molecule has 3 N–H and O–H groups in total. The maximum atomic E-state index is 12.8. The molecule has 1 aliphatic heterocycles. The van der Waals surface area contributed by atoms with Gasteiger partial charge in [-0.15, -0.1) is 24.8 Å². The molecule has 28 heavy (non-hydrogen) atoms. The number of aryl methyl sites for hydroxylation is 2. The summed E-state index contributed by atoms with van der Waals surface area (Å²) >= 11 is 0. The first kappa shape index (κ1) is 24.2. The number of nitrogens with zero attached hydrogens (tertiary/aromatic N) is 1. The molecule has 154 valence electrons. The normalized spacial score (nSPS) is 15.0. The number of pyridine rings is 1. The lowest BCUT2D eigenvalue weighted by molar-refractivity contribution is -0.130. The molecule has 1 aromatic heterocycles. The van der Waals surface area contributed by atoms with Crippen LogP contribution in [0, 0.1) is 19.3 Å². The van der Waals surface area contributed by atoms with Crippen molar-refractivity contribution >= 4 is 36.4 Å². The molecule has 0 saturated carbocycles. The highest BCUT2D eigenvalue weighted by Crippen LogP contribution is 2.32. The van der Waals surface area contributed by atoms with Gasteiger partial charge in [-0.3, -0.25) is 4.79 Å². The molecule has 6 nitrogen and oxygen atoms in total. The summed E-state index contributed by atoms with van der Waals surface area (Å²) in [4.78, 5) is 17.0. The van der Waals surface area contributed by atoms with Crippen LogP contribution in [-0.4, -0.2) is 30.6 Å². The van der Waals surface area contributed by atoms with Crippen molar-refractivity contribution in [1.82, 2.24) is 4.98 Å². The molecule has 0 radical (unpaired) electrons. The number of carbonyl (C=O) groups is 1. The minimum atomic E-state index is -0.567. The van der Waals surface area contributed by atoms with Crippen molar-refractivity contribution in [1.29, 1.82) is 0 Å². The number of hydrogen-bond acceptors (Lipinski definition) is 5. The Bertz CT molecular complexity index is 796. The Morgan fingerprint density at radius 1 is 1.21 bits per heavy atom. The van der Waals surface area contributed by atoms with E-state index in [0.29, 0.717) is 49.9 Å². The van der Waals surface area contributed by atoms with Gasteiger partial charge in [0.15, 0.2) is 0 Å². The quantitative estimate of drug-likeness (QED) is 0.751. The molecular weight excluding hydrogens is 401 g/mol. The molecule has 0 aliphatic carbocycles. The minimum absolute atomic E-state index is 0. The van der Waals surface area contributed by atoms with Gasteiger partial charge < -0.3 is 20.5 Å². The maximum Gasteiger partial charge on any atom is 0.232 e. The summed E-state index contributed by atoms with van der Waals surface area (Å²) in [5, 5.41) is 2.99. The summed E-state index contributed by atoms with van der Waals surface area (Å²) < 4.78 is 11.3. The second-order valence-electron chi connectivity index (χ2n) is 6.80. The molecule has 3 rings (SSSR count). The van der Waals surface area contributed by atoms with Crippen LogP contribution in [0.1, 0.15) is 24.0 Å². The highest BCUT2D eigenvalue weighted by molar-refractivity contribution is 5.95. The van der Waals surface area contributed by atoms with Gasteiger partial charge in [0.1, 0.15) is 5.75 Å². The van der Waals surface area contributed by atoms with Crippen LogP contribution in [-0.2, 0) is 9.53 Å². The number of ether oxygens (including phenoxy) is 2. The second kappa shape index (κ2) is 10.6. The average Bonchev–Trinajstić information content (AvgIpc) is 2.65. The molecule has 2 heterocycles. The Morgan fingerprint density at radius 3 is 2.57 bits per heavy atom. The molecule has 1 amide bonds. The largest absolute Gasteiger partial charge is 0.439 e. The Labute approximate surface area is 178 Å². The molecule has 0 spiro atoms. The lowest BCUT2D eigenvalue weighted by Crippen LogP contribution is -2.46. The third kappa shape index (κ3) is 5.58. The summed E-state index contributed by atoms with van der Waals surface area (Å²) in [5.74, 6) is 1.13. The van der Waals surface area contributed by atoms with Crippen molar-refractivity contribution in [3.8, 4) is 11.6 Å². The number of amides is 1. The fourth-order valence-corrected chi connectivity index (χ4v) is 3.01. The van der Waals surface area contributed by atoms with E-state index in [-0.39, 0.29) is 30.7 Å². The van der Waals surface area contributed by atoms with Crippen molar-refractivity contribution in [3.05, 3.63) is 47.7 Å². The molecule has 1 saturated heterocycles. The number of benzene rings is 1. The van der Waals surface area contributed by atoms with E-state index in [9.17, 15) is 4.79 Å². The van der Waals surface area contributed by atoms with Gasteiger partial charge >= 0.3 is 0 Å². The molecule has 1 aliphatic rings. The standard InChI is InChI=1S/C20H25N3O3.2ClH/c1-14-5-8-22-18(11-14)26-17-12-16(4-3-15(17)2)23-19(24)20(13-21)6-9-25-10-7-20;;/h3-5,8,11-12H,6-7,9-10,13,21H2,1-2H3,(H,23,24);2*1H. The predicted molar refractivity (Wildman–Crippen MR) is 115 cm³/mol. The van der Waals surface area contributed by atoms with E-state index in [1.165, 1.54) is 0 Å². The number of nitrogens with one attached hydrogen (secondary N) is 1. The highest BCUT2D eigenvalue weighted by atomic mass is 35.5. The number of rotatable bonds is 5. The number of carbonyl (C=O) groups excluding carboxylic acids is 1. The molecule has 2 aromatic rings. The minimum Gasteiger partial charge on any atom is -0.439 e. The van der Waals surface area contributed by atoms with E-state index in [0.717, 1.165) is 11.1 Å².